The summed E-state index contributed by atoms with van der Waals surface area (Å²) in [5.74, 6) is -0.418. The van der Waals surface area contributed by atoms with Gasteiger partial charge in [-0.1, -0.05) is 24.3 Å². The Morgan fingerprint density at radius 2 is 1.86 bits per heavy atom. The molecule has 4 heteroatoms. The number of aryl methyl sites for hydroxylation is 1. The molecule has 104 valence electrons. The molecular formula is C17H15N3O. The number of amides is 1. The zero-order valence-electron chi connectivity index (χ0n) is 11.6. The number of H-pyrrole nitrogens is 1. The molecule has 0 bridgehead atoms. The molecule has 3 rings (SSSR count). The minimum atomic E-state index is -0.418. The molecule has 0 atom stereocenters. The topological polar surface area (TPSA) is 71.8 Å². The highest BCUT2D eigenvalue weighted by atomic mass is 16.1. The number of benzene rings is 1. The molecule has 0 saturated heterocycles. The van der Waals surface area contributed by atoms with Crippen LogP contribution in [0.25, 0.3) is 22.4 Å². The molecule has 0 aliphatic rings. The maximum absolute atomic E-state index is 11.3. The van der Waals surface area contributed by atoms with Crippen LogP contribution in [0.5, 0.6) is 0 Å². The van der Waals surface area contributed by atoms with E-state index in [2.05, 4.69) is 16.0 Å². The molecule has 0 aliphatic heterocycles. The average Bonchev–Trinajstić information content (AvgIpc) is 2.91. The summed E-state index contributed by atoms with van der Waals surface area (Å²) in [5, 5.41) is 0. The van der Waals surface area contributed by atoms with E-state index < -0.39 is 5.91 Å². The van der Waals surface area contributed by atoms with Gasteiger partial charge in [0.15, 0.2) is 0 Å². The third-order valence-electron chi connectivity index (χ3n) is 3.45. The zero-order valence-corrected chi connectivity index (χ0v) is 11.6. The molecule has 0 spiro atoms. The van der Waals surface area contributed by atoms with Gasteiger partial charge in [-0.15, -0.1) is 0 Å². The molecule has 1 aromatic carbocycles. The van der Waals surface area contributed by atoms with E-state index in [4.69, 9.17) is 5.73 Å². The quantitative estimate of drug-likeness (QED) is 0.772. The van der Waals surface area contributed by atoms with Crippen molar-refractivity contribution in [2.75, 3.05) is 0 Å². The predicted molar refractivity (Wildman–Crippen MR) is 82.7 cm³/mol. The second-order valence-corrected chi connectivity index (χ2v) is 4.91. The molecule has 4 nitrogen and oxygen atoms in total. The number of nitrogens with two attached hydrogens (primary N) is 1. The first kappa shape index (κ1) is 13.1. The van der Waals surface area contributed by atoms with Crippen molar-refractivity contribution >= 4 is 5.91 Å². The Hall–Kier alpha value is -2.88. The summed E-state index contributed by atoms with van der Waals surface area (Å²) in [5.41, 5.74) is 10.7. The van der Waals surface area contributed by atoms with Crippen LogP contribution in [0.1, 0.15) is 16.1 Å². The third kappa shape index (κ3) is 2.56. The molecule has 2 heterocycles. The summed E-state index contributed by atoms with van der Waals surface area (Å²) in [6, 6.07) is 13.8. The highest BCUT2D eigenvalue weighted by Crippen LogP contribution is 2.26. The van der Waals surface area contributed by atoms with Crippen LogP contribution >= 0.6 is 0 Å². The summed E-state index contributed by atoms with van der Waals surface area (Å²) >= 11 is 0. The fraction of sp³-hybridized carbons (Fsp3) is 0.0588. The van der Waals surface area contributed by atoms with Crippen molar-refractivity contribution in [2.45, 2.75) is 6.92 Å². The highest BCUT2D eigenvalue weighted by Gasteiger charge is 2.11. The first-order valence-electron chi connectivity index (χ1n) is 6.65. The van der Waals surface area contributed by atoms with E-state index in [1.165, 1.54) is 0 Å². The van der Waals surface area contributed by atoms with Crippen LogP contribution in [0.15, 0.2) is 54.9 Å². The van der Waals surface area contributed by atoms with Crippen LogP contribution in [0.4, 0.5) is 0 Å². The Bertz CT molecular complexity index is 791. The summed E-state index contributed by atoms with van der Waals surface area (Å²) in [7, 11) is 0. The molecule has 0 aliphatic carbocycles. The number of primary amides is 1. The van der Waals surface area contributed by atoms with Gasteiger partial charge in [-0.25, -0.2) is 0 Å². The largest absolute Gasteiger partial charge is 0.366 e. The molecule has 21 heavy (non-hydrogen) atoms. The molecule has 3 aromatic rings. The van der Waals surface area contributed by atoms with Crippen LogP contribution in [0, 0.1) is 6.92 Å². The summed E-state index contributed by atoms with van der Waals surface area (Å²) in [4.78, 5) is 18.7. The number of carbonyl (C=O) groups is 1. The van der Waals surface area contributed by atoms with E-state index in [1.54, 1.807) is 12.3 Å². The molecule has 2 aromatic heterocycles. The molecule has 0 unspecified atom stereocenters. The molecular weight excluding hydrogens is 262 g/mol. The van der Waals surface area contributed by atoms with Gasteiger partial charge in [-0.3, -0.25) is 9.78 Å². The Labute approximate surface area is 122 Å². The second kappa shape index (κ2) is 5.25. The van der Waals surface area contributed by atoms with E-state index in [1.807, 2.05) is 43.5 Å². The van der Waals surface area contributed by atoms with E-state index in [9.17, 15) is 4.79 Å². The van der Waals surface area contributed by atoms with Gasteiger partial charge in [0.25, 0.3) is 5.91 Å². The number of carbonyl (C=O) groups excluding carboxylic acids is 1. The number of aromatic nitrogens is 2. The smallest absolute Gasteiger partial charge is 0.250 e. The van der Waals surface area contributed by atoms with Crippen molar-refractivity contribution in [2.24, 2.45) is 5.73 Å². The van der Waals surface area contributed by atoms with Crippen LogP contribution in [0.3, 0.4) is 0 Å². The van der Waals surface area contributed by atoms with E-state index in [0.717, 1.165) is 28.1 Å². The van der Waals surface area contributed by atoms with Gasteiger partial charge in [-0.05, 0) is 36.2 Å². The maximum atomic E-state index is 11.3. The van der Waals surface area contributed by atoms with Crippen molar-refractivity contribution in [3.63, 3.8) is 0 Å². The molecule has 0 fully saturated rings. The van der Waals surface area contributed by atoms with Crippen LogP contribution < -0.4 is 5.73 Å². The van der Waals surface area contributed by atoms with Crippen molar-refractivity contribution in [1.29, 1.82) is 0 Å². The first-order valence-corrected chi connectivity index (χ1v) is 6.65. The lowest BCUT2D eigenvalue weighted by Crippen LogP contribution is -2.10. The van der Waals surface area contributed by atoms with Crippen LogP contribution in [-0.2, 0) is 0 Å². The number of aromatic amines is 1. The van der Waals surface area contributed by atoms with Gasteiger partial charge < -0.3 is 10.7 Å². The van der Waals surface area contributed by atoms with Gasteiger partial charge in [0.05, 0.1) is 5.56 Å². The monoisotopic (exact) mass is 277 g/mol. The molecule has 1 amide bonds. The number of nitrogens with one attached hydrogen (secondary N) is 1. The van der Waals surface area contributed by atoms with Crippen molar-refractivity contribution in [3.05, 3.63) is 66.1 Å². The Kier molecular flexibility index (Phi) is 3.28. The van der Waals surface area contributed by atoms with Gasteiger partial charge in [0.1, 0.15) is 0 Å². The van der Waals surface area contributed by atoms with Gasteiger partial charge in [0, 0.05) is 29.3 Å². The van der Waals surface area contributed by atoms with Gasteiger partial charge in [0.2, 0.25) is 0 Å². The van der Waals surface area contributed by atoms with Crippen molar-refractivity contribution in [1.82, 2.24) is 9.97 Å². The van der Waals surface area contributed by atoms with E-state index >= 15 is 0 Å². The van der Waals surface area contributed by atoms with Crippen molar-refractivity contribution in [3.8, 4) is 22.4 Å². The Morgan fingerprint density at radius 1 is 1.10 bits per heavy atom. The highest BCUT2D eigenvalue weighted by molar-refractivity contribution is 5.95. The van der Waals surface area contributed by atoms with E-state index in [0.29, 0.717) is 5.56 Å². The minimum absolute atomic E-state index is 0.418. The normalized spacial score (nSPS) is 10.5. The SMILES string of the molecule is Cc1[nH]c(-c2cccc(-c3cccnc3)c2)cc1C(N)=O. The molecule has 0 radical (unpaired) electrons. The number of nitrogens with zero attached hydrogens (tertiary/aromatic N) is 1. The number of pyridine rings is 1. The number of rotatable bonds is 3. The molecule has 0 saturated carbocycles. The summed E-state index contributed by atoms with van der Waals surface area (Å²) < 4.78 is 0. The predicted octanol–water partition coefficient (Wildman–Crippen LogP) is 3.15. The second-order valence-electron chi connectivity index (χ2n) is 4.91. The Balaban J connectivity index is 2.04. The van der Waals surface area contributed by atoms with Crippen LogP contribution in [0.2, 0.25) is 0 Å². The lowest BCUT2D eigenvalue weighted by atomic mass is 10.0. The first-order chi connectivity index (χ1) is 10.1. The zero-order chi connectivity index (χ0) is 14.8. The minimum Gasteiger partial charge on any atom is -0.366 e. The lowest BCUT2D eigenvalue weighted by Gasteiger charge is -2.04. The van der Waals surface area contributed by atoms with Gasteiger partial charge in [-0.2, -0.15) is 0 Å². The fourth-order valence-corrected chi connectivity index (χ4v) is 2.37. The third-order valence-corrected chi connectivity index (χ3v) is 3.45. The maximum Gasteiger partial charge on any atom is 0.250 e. The van der Waals surface area contributed by atoms with Crippen LogP contribution in [-0.4, -0.2) is 15.9 Å². The van der Waals surface area contributed by atoms with E-state index in [-0.39, 0.29) is 0 Å². The number of hydrogen-bond donors (Lipinski definition) is 2. The lowest BCUT2D eigenvalue weighted by molar-refractivity contribution is 0.1000. The summed E-state index contributed by atoms with van der Waals surface area (Å²) in [6.07, 6.45) is 3.58. The standard InChI is InChI=1S/C17H15N3O/c1-11-15(17(18)21)9-16(20-11)13-5-2-4-12(8-13)14-6-3-7-19-10-14/h2-10,20H,1H3,(H2,18,21). The Morgan fingerprint density at radius 3 is 2.52 bits per heavy atom. The summed E-state index contributed by atoms with van der Waals surface area (Å²) in [6.45, 7) is 1.84. The van der Waals surface area contributed by atoms with Gasteiger partial charge >= 0.3 is 0 Å². The molecule has 3 N–H and O–H groups in total. The number of hydrogen-bond acceptors (Lipinski definition) is 2. The fourth-order valence-electron chi connectivity index (χ4n) is 2.37. The van der Waals surface area contributed by atoms with Crippen molar-refractivity contribution < 1.29 is 4.79 Å². The average molecular weight is 277 g/mol.